The molecule has 1 atom stereocenters. The average Bonchev–Trinajstić information content (AvgIpc) is 3.07. The number of rotatable bonds is 2. The van der Waals surface area contributed by atoms with E-state index in [9.17, 15) is 14.7 Å². The van der Waals surface area contributed by atoms with Gasteiger partial charge in [-0.05, 0) is 13.0 Å². The number of fused-ring (bicyclic) bond motifs is 1. The number of carboxylic acids is 1. The normalized spacial score (nSPS) is 21.1. The Bertz CT molecular complexity index is 855. The highest BCUT2D eigenvalue weighted by molar-refractivity contribution is 7.11. The number of carbonyl (C=O) groups excluding carboxylic acids is 1. The molecule has 3 heterocycles. The van der Waals surface area contributed by atoms with E-state index in [2.05, 4.69) is 4.98 Å². The van der Waals surface area contributed by atoms with Crippen molar-refractivity contribution in [3.05, 3.63) is 45.9 Å². The van der Waals surface area contributed by atoms with E-state index in [0.29, 0.717) is 43.0 Å². The Morgan fingerprint density at radius 1 is 1.31 bits per heavy atom. The van der Waals surface area contributed by atoms with E-state index in [1.54, 1.807) is 5.51 Å². The lowest BCUT2D eigenvalue weighted by atomic mass is 9.77. The molecule has 1 aromatic carbocycles. The number of likely N-dealkylation sites (tertiary alicyclic amines) is 1. The van der Waals surface area contributed by atoms with Gasteiger partial charge in [0.05, 0.1) is 17.1 Å². The van der Waals surface area contributed by atoms with Crippen LogP contribution >= 0.6 is 11.3 Å². The van der Waals surface area contributed by atoms with Crippen LogP contribution in [-0.2, 0) is 4.79 Å². The zero-order chi connectivity index (χ0) is 18.3. The maximum absolute atomic E-state index is 12.7. The molecule has 0 radical (unpaired) electrons. The van der Waals surface area contributed by atoms with Crippen LogP contribution in [0.1, 0.15) is 46.1 Å². The van der Waals surface area contributed by atoms with Gasteiger partial charge in [0.15, 0.2) is 0 Å². The van der Waals surface area contributed by atoms with Gasteiger partial charge in [-0.3, -0.25) is 9.59 Å². The smallest absolute Gasteiger partial charge is 0.311 e. The van der Waals surface area contributed by atoms with Crippen molar-refractivity contribution in [2.45, 2.75) is 37.7 Å². The van der Waals surface area contributed by atoms with Crippen molar-refractivity contribution in [2.75, 3.05) is 13.1 Å². The van der Waals surface area contributed by atoms with Crippen molar-refractivity contribution >= 4 is 23.2 Å². The minimum Gasteiger partial charge on any atom is -0.487 e. The molecule has 0 aliphatic carbocycles. The minimum atomic E-state index is -0.820. The Kier molecular flexibility index (Phi) is 4.19. The van der Waals surface area contributed by atoms with Gasteiger partial charge in [-0.15, -0.1) is 11.3 Å². The minimum absolute atomic E-state index is 0.00541. The van der Waals surface area contributed by atoms with Gasteiger partial charge in [0, 0.05) is 37.9 Å². The van der Waals surface area contributed by atoms with E-state index in [1.807, 2.05) is 36.1 Å². The summed E-state index contributed by atoms with van der Waals surface area (Å²) in [5.74, 6) is -0.722. The molecular weight excluding hydrogens is 352 g/mol. The summed E-state index contributed by atoms with van der Waals surface area (Å²) in [5, 5.41) is 9.67. The number of aromatic nitrogens is 1. The van der Waals surface area contributed by atoms with Crippen LogP contribution in [0.5, 0.6) is 5.75 Å². The second-order valence-corrected chi connectivity index (χ2v) is 7.83. The molecule has 0 bridgehead atoms. The first-order valence-corrected chi connectivity index (χ1v) is 9.57. The van der Waals surface area contributed by atoms with Gasteiger partial charge in [-0.2, -0.15) is 0 Å². The van der Waals surface area contributed by atoms with E-state index in [0.717, 1.165) is 11.3 Å². The Morgan fingerprint density at radius 3 is 2.69 bits per heavy atom. The van der Waals surface area contributed by atoms with Gasteiger partial charge in [0.2, 0.25) is 0 Å². The van der Waals surface area contributed by atoms with Crippen LogP contribution in [0.3, 0.4) is 0 Å². The average molecular weight is 372 g/mol. The Morgan fingerprint density at radius 2 is 2.04 bits per heavy atom. The summed E-state index contributed by atoms with van der Waals surface area (Å²) in [6.07, 6.45) is 1.71. The SMILES string of the molecule is Cc1ncsc1C(=O)N1CCC2(CC1)CC(C(=O)O)c1ccccc1O2. The van der Waals surface area contributed by atoms with Crippen LogP contribution in [0, 0.1) is 6.92 Å². The van der Waals surface area contributed by atoms with Crippen molar-refractivity contribution in [1.82, 2.24) is 9.88 Å². The number of aliphatic carboxylic acids is 1. The summed E-state index contributed by atoms with van der Waals surface area (Å²) in [5.41, 5.74) is 2.67. The van der Waals surface area contributed by atoms with E-state index >= 15 is 0 Å². The number of para-hydroxylation sites is 1. The highest BCUT2D eigenvalue weighted by Gasteiger charge is 2.46. The Labute approximate surface area is 155 Å². The van der Waals surface area contributed by atoms with Gasteiger partial charge in [-0.1, -0.05) is 18.2 Å². The lowest BCUT2D eigenvalue weighted by Crippen LogP contribution is -2.52. The fraction of sp³-hybridized carbons (Fsp3) is 0.421. The molecule has 6 nitrogen and oxygen atoms in total. The third kappa shape index (κ3) is 2.86. The second-order valence-electron chi connectivity index (χ2n) is 6.98. The highest BCUT2D eigenvalue weighted by atomic mass is 32.1. The molecule has 1 unspecified atom stereocenters. The predicted octanol–water partition coefficient (Wildman–Crippen LogP) is 3.08. The summed E-state index contributed by atoms with van der Waals surface area (Å²) < 4.78 is 6.27. The lowest BCUT2D eigenvalue weighted by molar-refractivity contribution is -0.142. The summed E-state index contributed by atoms with van der Waals surface area (Å²) in [4.78, 5) is 31.1. The molecular formula is C19H20N2O4S. The fourth-order valence-electron chi connectivity index (χ4n) is 3.91. The molecule has 2 aliphatic heterocycles. The molecule has 26 heavy (non-hydrogen) atoms. The molecule has 7 heteroatoms. The molecule has 1 spiro atoms. The number of ether oxygens (including phenoxy) is 1. The van der Waals surface area contributed by atoms with E-state index < -0.39 is 17.5 Å². The third-order valence-electron chi connectivity index (χ3n) is 5.40. The largest absolute Gasteiger partial charge is 0.487 e. The van der Waals surface area contributed by atoms with E-state index in [1.165, 1.54) is 11.3 Å². The fourth-order valence-corrected chi connectivity index (χ4v) is 4.68. The number of piperidine rings is 1. The molecule has 2 aromatic rings. The zero-order valence-corrected chi connectivity index (χ0v) is 15.3. The summed E-state index contributed by atoms with van der Waals surface area (Å²) in [6, 6.07) is 7.37. The van der Waals surface area contributed by atoms with Crippen LogP contribution in [0.2, 0.25) is 0 Å². The van der Waals surface area contributed by atoms with E-state index in [4.69, 9.17) is 4.74 Å². The number of thiazole rings is 1. The summed E-state index contributed by atoms with van der Waals surface area (Å²) >= 11 is 1.36. The lowest BCUT2D eigenvalue weighted by Gasteiger charge is -2.46. The second kappa shape index (κ2) is 6.39. The van der Waals surface area contributed by atoms with E-state index in [-0.39, 0.29) is 5.91 Å². The molecule has 1 fully saturated rings. The summed E-state index contributed by atoms with van der Waals surface area (Å²) in [6.45, 7) is 2.96. The molecule has 1 N–H and O–H groups in total. The number of benzene rings is 1. The zero-order valence-electron chi connectivity index (χ0n) is 14.5. The molecule has 1 aromatic heterocycles. The molecule has 2 aliphatic rings. The molecule has 136 valence electrons. The van der Waals surface area contributed by atoms with Crippen molar-refractivity contribution in [3.8, 4) is 5.75 Å². The van der Waals surface area contributed by atoms with Gasteiger partial charge >= 0.3 is 5.97 Å². The summed E-state index contributed by atoms with van der Waals surface area (Å²) in [7, 11) is 0. The van der Waals surface area contributed by atoms with Crippen molar-refractivity contribution in [1.29, 1.82) is 0 Å². The molecule has 1 saturated heterocycles. The topological polar surface area (TPSA) is 79.7 Å². The number of hydrogen-bond donors (Lipinski definition) is 1. The number of carbonyl (C=O) groups is 2. The quantitative estimate of drug-likeness (QED) is 0.876. The Hall–Kier alpha value is -2.41. The standard InChI is InChI=1S/C19H20N2O4S/c1-12-16(26-11-20-12)17(22)21-8-6-19(7-9-21)10-14(18(23)24)13-4-2-3-5-15(13)25-19/h2-5,11,14H,6-10H2,1H3,(H,23,24). The highest BCUT2D eigenvalue weighted by Crippen LogP contribution is 2.45. The van der Waals surface area contributed by atoms with Crippen molar-refractivity contribution in [3.63, 3.8) is 0 Å². The van der Waals surface area contributed by atoms with Crippen LogP contribution in [0.4, 0.5) is 0 Å². The maximum Gasteiger partial charge on any atom is 0.311 e. The van der Waals surface area contributed by atoms with Crippen LogP contribution in [-0.4, -0.2) is 45.6 Å². The number of hydrogen-bond acceptors (Lipinski definition) is 5. The maximum atomic E-state index is 12.7. The van der Waals surface area contributed by atoms with Gasteiger partial charge < -0.3 is 14.7 Å². The number of amides is 1. The number of nitrogens with zero attached hydrogens (tertiary/aromatic N) is 2. The molecule has 0 saturated carbocycles. The van der Waals surface area contributed by atoms with Crippen LogP contribution < -0.4 is 4.74 Å². The first kappa shape index (κ1) is 17.0. The number of carboxylic acid groups (broad SMARTS) is 1. The molecule has 1 amide bonds. The predicted molar refractivity (Wildman–Crippen MR) is 96.8 cm³/mol. The van der Waals surface area contributed by atoms with Crippen LogP contribution in [0.25, 0.3) is 0 Å². The number of aryl methyl sites for hydroxylation is 1. The van der Waals surface area contributed by atoms with Crippen molar-refractivity contribution < 1.29 is 19.4 Å². The van der Waals surface area contributed by atoms with Crippen molar-refractivity contribution in [2.24, 2.45) is 0 Å². The Balaban J connectivity index is 1.53. The first-order valence-electron chi connectivity index (χ1n) is 8.69. The van der Waals surface area contributed by atoms with Gasteiger partial charge in [-0.25, -0.2) is 4.98 Å². The molecule has 4 rings (SSSR count). The van der Waals surface area contributed by atoms with Gasteiger partial charge in [0.25, 0.3) is 5.91 Å². The van der Waals surface area contributed by atoms with Gasteiger partial charge in [0.1, 0.15) is 16.2 Å². The first-order chi connectivity index (χ1) is 12.5. The monoisotopic (exact) mass is 372 g/mol. The third-order valence-corrected chi connectivity index (χ3v) is 6.31. The van der Waals surface area contributed by atoms with Crippen LogP contribution in [0.15, 0.2) is 29.8 Å².